The summed E-state index contributed by atoms with van der Waals surface area (Å²) in [5.41, 5.74) is 1.25. The molecule has 2 nitrogen and oxygen atoms in total. The van der Waals surface area contributed by atoms with Gasteiger partial charge in [0, 0.05) is 23.7 Å². The number of alkyl halides is 1. The maximum atomic E-state index is 11.8. The Morgan fingerprint density at radius 3 is 2.80 bits per heavy atom. The van der Waals surface area contributed by atoms with Crippen LogP contribution >= 0.6 is 22.9 Å². The fourth-order valence-electron chi connectivity index (χ4n) is 1.30. The summed E-state index contributed by atoms with van der Waals surface area (Å²) in [7, 11) is 1.82. The number of aryl methyl sites for hydroxylation is 1. The van der Waals surface area contributed by atoms with Gasteiger partial charge in [-0.2, -0.15) is 0 Å². The van der Waals surface area contributed by atoms with E-state index in [2.05, 4.69) is 13.0 Å². The summed E-state index contributed by atoms with van der Waals surface area (Å²) in [5.74, 6) is 0.391. The second-order valence-electron chi connectivity index (χ2n) is 3.78. The van der Waals surface area contributed by atoms with Crippen molar-refractivity contribution in [3.63, 3.8) is 0 Å². The van der Waals surface area contributed by atoms with E-state index in [1.54, 1.807) is 16.2 Å². The Labute approximate surface area is 99.9 Å². The maximum Gasteiger partial charge on any atom is 0.226 e. The number of carbonyl (C=O) groups is 1. The zero-order chi connectivity index (χ0) is 11.4. The van der Waals surface area contributed by atoms with Gasteiger partial charge in [-0.25, -0.2) is 0 Å². The molecule has 0 aliphatic carbocycles. The topological polar surface area (TPSA) is 20.3 Å². The molecule has 1 atom stereocenters. The average Bonchev–Trinajstić information content (AvgIpc) is 2.62. The number of thiophene rings is 1. The van der Waals surface area contributed by atoms with Gasteiger partial charge in [0.15, 0.2) is 0 Å². The highest BCUT2D eigenvalue weighted by Gasteiger charge is 2.17. The van der Waals surface area contributed by atoms with E-state index in [0.717, 1.165) is 0 Å². The number of nitrogens with zero attached hydrogens (tertiary/aromatic N) is 1. The van der Waals surface area contributed by atoms with E-state index in [4.69, 9.17) is 11.6 Å². The van der Waals surface area contributed by atoms with E-state index in [1.165, 1.54) is 10.4 Å². The molecule has 0 aliphatic rings. The van der Waals surface area contributed by atoms with Gasteiger partial charge in [-0.3, -0.25) is 4.79 Å². The highest BCUT2D eigenvalue weighted by molar-refractivity contribution is 7.10. The summed E-state index contributed by atoms with van der Waals surface area (Å²) >= 11 is 7.35. The summed E-state index contributed by atoms with van der Waals surface area (Å²) < 4.78 is 0. The number of carbonyl (C=O) groups excluding carboxylic acids is 1. The third kappa shape index (κ3) is 3.21. The number of amides is 1. The standard InChI is InChI=1S/C11H16ClNOS/c1-8-4-5-15-10(8)7-13(3)11(14)9(2)6-12/h4-5,9H,6-7H2,1-3H3. The minimum absolute atomic E-state index is 0.100. The Kier molecular flexibility index (Phi) is 4.61. The van der Waals surface area contributed by atoms with Crippen LogP contribution in [0, 0.1) is 12.8 Å². The molecule has 1 rings (SSSR count). The van der Waals surface area contributed by atoms with Crippen LogP contribution in [0.25, 0.3) is 0 Å². The monoisotopic (exact) mass is 245 g/mol. The van der Waals surface area contributed by atoms with Crippen molar-refractivity contribution in [2.24, 2.45) is 5.92 Å². The molecule has 84 valence electrons. The van der Waals surface area contributed by atoms with Crippen LogP contribution in [0.1, 0.15) is 17.4 Å². The highest BCUT2D eigenvalue weighted by atomic mass is 35.5. The molecule has 1 aromatic heterocycles. The predicted molar refractivity (Wildman–Crippen MR) is 65.4 cm³/mol. The molecule has 0 saturated heterocycles. The van der Waals surface area contributed by atoms with E-state index >= 15 is 0 Å². The van der Waals surface area contributed by atoms with E-state index in [0.29, 0.717) is 12.4 Å². The van der Waals surface area contributed by atoms with Gasteiger partial charge in [0.25, 0.3) is 0 Å². The first-order chi connectivity index (χ1) is 7.06. The quantitative estimate of drug-likeness (QED) is 0.747. The van der Waals surface area contributed by atoms with Crippen LogP contribution in [-0.4, -0.2) is 23.7 Å². The van der Waals surface area contributed by atoms with Crippen LogP contribution in [0.15, 0.2) is 11.4 Å². The number of hydrogen-bond acceptors (Lipinski definition) is 2. The normalized spacial score (nSPS) is 12.5. The van der Waals surface area contributed by atoms with Crippen molar-refractivity contribution in [3.05, 3.63) is 21.9 Å². The highest BCUT2D eigenvalue weighted by Crippen LogP contribution is 2.18. The molecule has 0 aromatic carbocycles. The smallest absolute Gasteiger partial charge is 0.226 e. The van der Waals surface area contributed by atoms with Crippen LogP contribution in [0.4, 0.5) is 0 Å². The minimum atomic E-state index is -0.100. The van der Waals surface area contributed by atoms with Gasteiger partial charge in [-0.15, -0.1) is 22.9 Å². The van der Waals surface area contributed by atoms with Gasteiger partial charge >= 0.3 is 0 Å². The van der Waals surface area contributed by atoms with Gasteiger partial charge in [0.1, 0.15) is 0 Å². The summed E-state index contributed by atoms with van der Waals surface area (Å²) in [6.45, 7) is 4.60. The van der Waals surface area contributed by atoms with Crippen LogP contribution < -0.4 is 0 Å². The molecule has 0 fully saturated rings. The molecule has 0 saturated carbocycles. The fraction of sp³-hybridized carbons (Fsp3) is 0.545. The molecule has 1 unspecified atom stereocenters. The zero-order valence-corrected chi connectivity index (χ0v) is 10.9. The van der Waals surface area contributed by atoms with Crippen LogP contribution in [0.5, 0.6) is 0 Å². The molecule has 0 aliphatic heterocycles. The van der Waals surface area contributed by atoms with Crippen LogP contribution in [0.2, 0.25) is 0 Å². The van der Waals surface area contributed by atoms with Gasteiger partial charge in [0.05, 0.1) is 6.54 Å². The van der Waals surface area contributed by atoms with Gasteiger partial charge in [-0.1, -0.05) is 6.92 Å². The minimum Gasteiger partial charge on any atom is -0.340 e. The molecular weight excluding hydrogens is 230 g/mol. The van der Waals surface area contributed by atoms with E-state index in [1.807, 2.05) is 19.4 Å². The Bertz CT molecular complexity index is 337. The first-order valence-electron chi connectivity index (χ1n) is 4.90. The molecule has 0 radical (unpaired) electrons. The fourth-order valence-corrected chi connectivity index (χ4v) is 2.39. The molecular formula is C11H16ClNOS. The number of halogens is 1. The molecule has 1 amide bonds. The molecule has 0 spiro atoms. The summed E-state index contributed by atoms with van der Waals surface area (Å²) in [4.78, 5) is 14.7. The Morgan fingerprint density at radius 1 is 1.67 bits per heavy atom. The lowest BCUT2D eigenvalue weighted by Gasteiger charge is -2.19. The van der Waals surface area contributed by atoms with E-state index < -0.39 is 0 Å². The first kappa shape index (κ1) is 12.5. The average molecular weight is 246 g/mol. The molecule has 4 heteroatoms. The lowest BCUT2D eigenvalue weighted by molar-refractivity contribution is -0.133. The Morgan fingerprint density at radius 2 is 2.33 bits per heavy atom. The zero-order valence-electron chi connectivity index (χ0n) is 9.29. The van der Waals surface area contributed by atoms with Crippen molar-refractivity contribution in [1.29, 1.82) is 0 Å². The molecule has 15 heavy (non-hydrogen) atoms. The molecule has 1 aromatic rings. The van der Waals surface area contributed by atoms with Crippen molar-refractivity contribution >= 4 is 28.8 Å². The van der Waals surface area contributed by atoms with Gasteiger partial charge in [-0.05, 0) is 23.9 Å². The molecule has 1 heterocycles. The van der Waals surface area contributed by atoms with Gasteiger partial charge < -0.3 is 4.90 Å². The summed E-state index contributed by atoms with van der Waals surface area (Å²) in [6, 6.07) is 2.07. The van der Waals surface area contributed by atoms with E-state index in [-0.39, 0.29) is 11.8 Å². The molecule has 0 N–H and O–H groups in total. The van der Waals surface area contributed by atoms with Crippen molar-refractivity contribution in [2.75, 3.05) is 12.9 Å². The third-order valence-corrected chi connectivity index (χ3v) is 3.85. The Balaban J connectivity index is 2.60. The summed E-state index contributed by atoms with van der Waals surface area (Å²) in [6.07, 6.45) is 0. The predicted octanol–water partition coefficient (Wildman–Crippen LogP) is 2.89. The van der Waals surface area contributed by atoms with Gasteiger partial charge in [0.2, 0.25) is 5.91 Å². The SMILES string of the molecule is Cc1ccsc1CN(C)C(=O)C(C)CCl. The van der Waals surface area contributed by atoms with Crippen molar-refractivity contribution in [2.45, 2.75) is 20.4 Å². The largest absolute Gasteiger partial charge is 0.340 e. The maximum absolute atomic E-state index is 11.8. The van der Waals surface area contributed by atoms with Crippen molar-refractivity contribution in [1.82, 2.24) is 4.90 Å². The van der Waals surface area contributed by atoms with Crippen LogP contribution in [0.3, 0.4) is 0 Å². The van der Waals surface area contributed by atoms with E-state index in [9.17, 15) is 4.79 Å². The van der Waals surface area contributed by atoms with Crippen LogP contribution in [-0.2, 0) is 11.3 Å². The first-order valence-corrected chi connectivity index (χ1v) is 6.31. The summed E-state index contributed by atoms with van der Waals surface area (Å²) in [5, 5.41) is 2.05. The van der Waals surface area contributed by atoms with Crippen molar-refractivity contribution in [3.8, 4) is 0 Å². The van der Waals surface area contributed by atoms with Crippen molar-refractivity contribution < 1.29 is 4.79 Å². The lowest BCUT2D eigenvalue weighted by atomic mass is 10.2. The number of rotatable bonds is 4. The number of hydrogen-bond donors (Lipinski definition) is 0. The second kappa shape index (κ2) is 5.52. The Hall–Kier alpha value is -0.540. The molecule has 0 bridgehead atoms. The third-order valence-electron chi connectivity index (χ3n) is 2.38. The lowest BCUT2D eigenvalue weighted by Crippen LogP contribution is -2.31. The second-order valence-corrected chi connectivity index (χ2v) is 5.09.